The Morgan fingerprint density at radius 1 is 1.52 bits per heavy atom. The van der Waals surface area contributed by atoms with Gasteiger partial charge in [-0.1, -0.05) is 10.6 Å². The summed E-state index contributed by atoms with van der Waals surface area (Å²) in [6.45, 7) is 0.649. The van der Waals surface area contributed by atoms with Crippen LogP contribution in [-0.4, -0.2) is 29.1 Å². The van der Waals surface area contributed by atoms with Gasteiger partial charge in [0, 0.05) is 12.5 Å². The second-order valence-corrected chi connectivity index (χ2v) is 5.93. The second-order valence-electron chi connectivity index (χ2n) is 5.15. The van der Waals surface area contributed by atoms with Gasteiger partial charge in [-0.2, -0.15) is 0 Å². The van der Waals surface area contributed by atoms with Crippen LogP contribution in [0.5, 0.6) is 5.75 Å². The van der Waals surface area contributed by atoms with Gasteiger partial charge in [-0.15, -0.1) is 5.10 Å². The van der Waals surface area contributed by atoms with Gasteiger partial charge in [-0.25, -0.2) is 0 Å². The minimum atomic E-state index is -0.0920. The van der Waals surface area contributed by atoms with E-state index in [1.807, 2.05) is 6.07 Å². The molecule has 0 fully saturated rings. The van der Waals surface area contributed by atoms with Gasteiger partial charge in [-0.3, -0.25) is 4.79 Å². The molecule has 0 saturated carbocycles. The van der Waals surface area contributed by atoms with Crippen LogP contribution in [0.15, 0.2) is 24.4 Å². The molecule has 1 N–H and O–H groups in total. The van der Waals surface area contributed by atoms with Crippen LogP contribution in [-0.2, 0) is 6.42 Å². The number of rotatable bonds is 4. The van der Waals surface area contributed by atoms with E-state index < -0.39 is 0 Å². The summed E-state index contributed by atoms with van der Waals surface area (Å²) in [5.74, 6) is 1.17. The van der Waals surface area contributed by atoms with Gasteiger partial charge in [0.1, 0.15) is 10.6 Å². The minimum Gasteiger partial charge on any atom is -0.497 e. The number of nitrogens with one attached hydrogen (secondary N) is 1. The first-order chi connectivity index (χ1) is 10.3. The highest BCUT2D eigenvalue weighted by atomic mass is 32.1. The Morgan fingerprint density at radius 2 is 2.43 bits per heavy atom. The molecule has 2 aromatic rings. The third kappa shape index (κ3) is 3.05. The molecule has 0 spiro atoms. The Kier molecular flexibility index (Phi) is 4.15. The standard InChI is InChI=1S/C15H17N3O2S/c1-20-12-5-6-13-10(7-12)3-2-4-11(13)8-16-15(19)14-9-17-18-21-14/h5-7,9,11H,2-4,8H2,1H3,(H,16,19)/t11-/m0/s1. The third-order valence-electron chi connectivity index (χ3n) is 3.88. The van der Waals surface area contributed by atoms with Crippen molar-refractivity contribution in [3.63, 3.8) is 0 Å². The molecule has 110 valence electrons. The molecule has 0 radical (unpaired) electrons. The zero-order valence-electron chi connectivity index (χ0n) is 11.8. The minimum absolute atomic E-state index is 0.0920. The molecule has 1 aliphatic carbocycles. The fourth-order valence-electron chi connectivity index (χ4n) is 2.80. The number of hydrogen-bond acceptors (Lipinski definition) is 5. The molecule has 1 aromatic heterocycles. The summed E-state index contributed by atoms with van der Waals surface area (Å²) < 4.78 is 8.99. The van der Waals surface area contributed by atoms with Crippen LogP contribution in [0.25, 0.3) is 0 Å². The summed E-state index contributed by atoms with van der Waals surface area (Å²) in [6, 6.07) is 6.22. The first kappa shape index (κ1) is 14.0. The van der Waals surface area contributed by atoms with Crippen molar-refractivity contribution < 1.29 is 9.53 Å². The van der Waals surface area contributed by atoms with Crippen molar-refractivity contribution in [3.05, 3.63) is 40.4 Å². The number of ether oxygens (including phenoxy) is 1. The Hall–Kier alpha value is -1.95. The highest BCUT2D eigenvalue weighted by molar-refractivity contribution is 7.07. The van der Waals surface area contributed by atoms with E-state index in [0.29, 0.717) is 17.3 Å². The van der Waals surface area contributed by atoms with Gasteiger partial charge in [0.25, 0.3) is 5.91 Å². The molecule has 0 unspecified atom stereocenters. The number of aryl methyl sites for hydroxylation is 1. The molecule has 1 aromatic carbocycles. The van der Waals surface area contributed by atoms with E-state index >= 15 is 0 Å². The summed E-state index contributed by atoms with van der Waals surface area (Å²) in [4.78, 5) is 12.5. The van der Waals surface area contributed by atoms with Crippen LogP contribution in [0.2, 0.25) is 0 Å². The van der Waals surface area contributed by atoms with Crippen molar-refractivity contribution in [2.75, 3.05) is 13.7 Å². The Bertz CT molecular complexity index is 628. The lowest BCUT2D eigenvalue weighted by atomic mass is 9.82. The van der Waals surface area contributed by atoms with Gasteiger partial charge in [0.15, 0.2) is 0 Å². The fraction of sp³-hybridized carbons (Fsp3) is 0.400. The molecule has 1 atom stereocenters. The highest BCUT2D eigenvalue weighted by Crippen LogP contribution is 2.33. The number of carbonyl (C=O) groups excluding carboxylic acids is 1. The number of nitrogens with zero attached hydrogens (tertiary/aromatic N) is 2. The number of fused-ring (bicyclic) bond motifs is 1. The summed E-state index contributed by atoms with van der Waals surface area (Å²) in [7, 11) is 1.69. The van der Waals surface area contributed by atoms with Gasteiger partial charge >= 0.3 is 0 Å². The van der Waals surface area contributed by atoms with Crippen molar-refractivity contribution in [2.24, 2.45) is 0 Å². The van der Waals surface area contributed by atoms with Crippen LogP contribution in [0.3, 0.4) is 0 Å². The van der Waals surface area contributed by atoms with Crippen molar-refractivity contribution in [3.8, 4) is 5.75 Å². The average Bonchev–Trinajstić information content (AvgIpc) is 3.06. The van der Waals surface area contributed by atoms with E-state index in [1.165, 1.54) is 17.3 Å². The molecule has 6 heteroatoms. The highest BCUT2D eigenvalue weighted by Gasteiger charge is 2.21. The molecule has 1 amide bonds. The summed E-state index contributed by atoms with van der Waals surface area (Å²) in [6.07, 6.45) is 4.82. The second kappa shape index (κ2) is 6.22. The maximum Gasteiger partial charge on any atom is 0.264 e. The number of hydrogen-bond donors (Lipinski definition) is 1. The maximum absolute atomic E-state index is 12.0. The smallest absolute Gasteiger partial charge is 0.264 e. The van der Waals surface area contributed by atoms with E-state index in [0.717, 1.165) is 36.5 Å². The molecule has 0 bridgehead atoms. The zero-order valence-corrected chi connectivity index (χ0v) is 12.7. The maximum atomic E-state index is 12.0. The van der Waals surface area contributed by atoms with Gasteiger partial charge in [0.2, 0.25) is 0 Å². The van der Waals surface area contributed by atoms with Crippen LogP contribution in [0.4, 0.5) is 0 Å². The quantitative estimate of drug-likeness (QED) is 0.942. The van der Waals surface area contributed by atoms with Crippen molar-refractivity contribution in [1.82, 2.24) is 14.9 Å². The molecular weight excluding hydrogens is 286 g/mol. The molecule has 1 heterocycles. The molecular formula is C15H17N3O2S. The van der Waals surface area contributed by atoms with Crippen molar-refractivity contribution in [2.45, 2.75) is 25.2 Å². The number of methoxy groups -OCH3 is 1. The first-order valence-electron chi connectivity index (χ1n) is 7.00. The first-order valence-corrected chi connectivity index (χ1v) is 7.77. The Balaban J connectivity index is 1.69. The van der Waals surface area contributed by atoms with E-state index in [1.54, 1.807) is 7.11 Å². The number of amides is 1. The zero-order chi connectivity index (χ0) is 14.7. The number of benzene rings is 1. The van der Waals surface area contributed by atoms with E-state index in [-0.39, 0.29) is 5.91 Å². The summed E-state index contributed by atoms with van der Waals surface area (Å²) >= 11 is 1.12. The third-order valence-corrected chi connectivity index (χ3v) is 4.55. The van der Waals surface area contributed by atoms with Gasteiger partial charge in [0.05, 0.1) is 13.3 Å². The number of carbonyl (C=O) groups is 1. The molecule has 0 saturated heterocycles. The molecule has 0 aliphatic heterocycles. The summed E-state index contributed by atoms with van der Waals surface area (Å²) in [5.41, 5.74) is 2.66. The van der Waals surface area contributed by atoms with Crippen LogP contribution >= 0.6 is 11.5 Å². The molecule has 3 rings (SSSR count). The lowest BCUT2D eigenvalue weighted by molar-refractivity contribution is 0.0954. The predicted octanol–water partition coefficient (Wildman–Crippen LogP) is 2.40. The topological polar surface area (TPSA) is 64.1 Å². The molecule has 5 nitrogen and oxygen atoms in total. The van der Waals surface area contributed by atoms with Gasteiger partial charge < -0.3 is 10.1 Å². The van der Waals surface area contributed by atoms with E-state index in [4.69, 9.17) is 4.74 Å². The molecule has 1 aliphatic rings. The SMILES string of the molecule is COc1ccc2c(c1)CCC[C@H]2CNC(=O)c1cnns1. The van der Waals surface area contributed by atoms with Crippen LogP contribution in [0, 0.1) is 0 Å². The lowest BCUT2D eigenvalue weighted by Gasteiger charge is -2.26. The Morgan fingerprint density at radius 3 is 3.19 bits per heavy atom. The van der Waals surface area contributed by atoms with Gasteiger partial charge in [-0.05, 0) is 54.1 Å². The van der Waals surface area contributed by atoms with Crippen LogP contribution in [0.1, 0.15) is 39.6 Å². The largest absolute Gasteiger partial charge is 0.497 e. The average molecular weight is 303 g/mol. The predicted molar refractivity (Wildman–Crippen MR) is 80.9 cm³/mol. The monoisotopic (exact) mass is 303 g/mol. The molecule has 21 heavy (non-hydrogen) atoms. The fourth-order valence-corrected chi connectivity index (χ4v) is 3.23. The van der Waals surface area contributed by atoms with E-state index in [2.05, 4.69) is 27.0 Å². The summed E-state index contributed by atoms with van der Waals surface area (Å²) in [5, 5.41) is 6.67. The lowest BCUT2D eigenvalue weighted by Crippen LogP contribution is -2.29. The van der Waals surface area contributed by atoms with E-state index in [9.17, 15) is 4.79 Å². The Labute approximate surface area is 127 Å². The van der Waals surface area contributed by atoms with Crippen molar-refractivity contribution >= 4 is 17.4 Å². The normalized spacial score (nSPS) is 17.1. The van der Waals surface area contributed by atoms with Crippen LogP contribution < -0.4 is 10.1 Å². The number of aromatic nitrogens is 2. The van der Waals surface area contributed by atoms with Crippen molar-refractivity contribution in [1.29, 1.82) is 0 Å².